The highest BCUT2D eigenvalue weighted by molar-refractivity contribution is 7.11. The maximum absolute atomic E-state index is 8.96. The number of thiophene rings is 1. The number of para-hydroxylation sites is 1. The third-order valence-electron chi connectivity index (χ3n) is 2.93. The quantitative estimate of drug-likeness (QED) is 0.836. The summed E-state index contributed by atoms with van der Waals surface area (Å²) in [4.78, 5) is 2.68. The highest BCUT2D eigenvalue weighted by Gasteiger charge is 2.09. The van der Waals surface area contributed by atoms with Gasteiger partial charge in [-0.25, -0.2) is 0 Å². The van der Waals surface area contributed by atoms with Crippen molar-refractivity contribution in [3.05, 3.63) is 45.6 Å². The van der Waals surface area contributed by atoms with E-state index in [1.54, 1.807) is 6.07 Å². The first-order valence-electron chi connectivity index (χ1n) is 6.20. The van der Waals surface area contributed by atoms with Crippen molar-refractivity contribution in [1.29, 1.82) is 5.26 Å². The van der Waals surface area contributed by atoms with E-state index < -0.39 is 0 Å². The van der Waals surface area contributed by atoms with Gasteiger partial charge in [-0.05, 0) is 38.1 Å². The molecule has 2 rings (SSSR count). The highest BCUT2D eigenvalue weighted by atomic mass is 32.1. The SMILES string of the molecule is Cc1ccc(CC(C)Nc2cccc(C#N)c2N)s1. The first-order valence-corrected chi connectivity index (χ1v) is 7.02. The average Bonchev–Trinajstić information content (AvgIpc) is 2.77. The molecule has 2 aromatic rings. The van der Waals surface area contributed by atoms with Gasteiger partial charge in [0.05, 0.1) is 16.9 Å². The molecule has 3 N–H and O–H groups in total. The number of anilines is 2. The van der Waals surface area contributed by atoms with E-state index in [1.807, 2.05) is 23.5 Å². The predicted molar refractivity (Wildman–Crippen MR) is 81.4 cm³/mol. The number of nitrogens with two attached hydrogens (primary N) is 1. The van der Waals surface area contributed by atoms with Crippen LogP contribution >= 0.6 is 11.3 Å². The lowest BCUT2D eigenvalue weighted by Gasteiger charge is -2.16. The summed E-state index contributed by atoms with van der Waals surface area (Å²) < 4.78 is 0. The lowest BCUT2D eigenvalue weighted by molar-refractivity contribution is 0.801. The van der Waals surface area contributed by atoms with Gasteiger partial charge in [0.2, 0.25) is 0 Å². The van der Waals surface area contributed by atoms with E-state index in [0.29, 0.717) is 11.3 Å². The number of nitrogens with one attached hydrogen (secondary N) is 1. The zero-order valence-electron chi connectivity index (χ0n) is 11.1. The molecule has 0 aliphatic rings. The first-order chi connectivity index (χ1) is 9.10. The average molecular weight is 271 g/mol. The number of benzene rings is 1. The van der Waals surface area contributed by atoms with Crippen LogP contribution in [0.5, 0.6) is 0 Å². The molecule has 1 atom stereocenters. The van der Waals surface area contributed by atoms with Crippen molar-refractivity contribution in [2.45, 2.75) is 26.3 Å². The Morgan fingerprint density at radius 2 is 2.16 bits per heavy atom. The van der Waals surface area contributed by atoms with Gasteiger partial charge >= 0.3 is 0 Å². The minimum absolute atomic E-state index is 0.272. The van der Waals surface area contributed by atoms with Crippen LogP contribution in [0.2, 0.25) is 0 Å². The molecule has 1 unspecified atom stereocenters. The molecular formula is C15H17N3S. The summed E-state index contributed by atoms with van der Waals surface area (Å²) in [5.41, 5.74) is 7.84. The molecule has 0 aliphatic carbocycles. The van der Waals surface area contributed by atoms with E-state index in [2.05, 4.69) is 37.4 Å². The molecule has 0 saturated carbocycles. The molecule has 4 heteroatoms. The fourth-order valence-corrected chi connectivity index (χ4v) is 3.02. The summed E-state index contributed by atoms with van der Waals surface area (Å²) in [6.45, 7) is 4.23. The van der Waals surface area contributed by atoms with Gasteiger partial charge < -0.3 is 11.1 Å². The molecule has 3 nitrogen and oxygen atoms in total. The molecule has 0 fully saturated rings. The molecule has 0 amide bonds. The topological polar surface area (TPSA) is 61.8 Å². The summed E-state index contributed by atoms with van der Waals surface area (Å²) in [5.74, 6) is 0. The Morgan fingerprint density at radius 1 is 1.37 bits per heavy atom. The number of nitrogen functional groups attached to an aromatic ring is 1. The summed E-state index contributed by atoms with van der Waals surface area (Å²) >= 11 is 1.81. The smallest absolute Gasteiger partial charge is 0.101 e. The Bertz CT molecular complexity index is 610. The van der Waals surface area contributed by atoms with Crippen molar-refractivity contribution in [3.63, 3.8) is 0 Å². The third kappa shape index (κ3) is 3.27. The fourth-order valence-electron chi connectivity index (χ4n) is 2.00. The minimum Gasteiger partial charge on any atom is -0.396 e. The second kappa shape index (κ2) is 5.77. The molecule has 98 valence electrons. The Balaban J connectivity index is 2.07. The summed E-state index contributed by atoms with van der Waals surface area (Å²) in [5, 5.41) is 12.3. The lowest BCUT2D eigenvalue weighted by atomic mass is 10.1. The second-order valence-corrected chi connectivity index (χ2v) is 6.01. The Kier molecular flexibility index (Phi) is 4.08. The Morgan fingerprint density at radius 3 is 2.79 bits per heavy atom. The van der Waals surface area contributed by atoms with Crippen molar-refractivity contribution >= 4 is 22.7 Å². The Hall–Kier alpha value is -1.99. The fraction of sp³-hybridized carbons (Fsp3) is 0.267. The summed E-state index contributed by atoms with van der Waals surface area (Å²) in [6.07, 6.45) is 0.953. The van der Waals surface area contributed by atoms with Crippen LogP contribution in [-0.4, -0.2) is 6.04 Å². The van der Waals surface area contributed by atoms with Crippen LogP contribution < -0.4 is 11.1 Å². The zero-order chi connectivity index (χ0) is 13.8. The molecule has 0 aliphatic heterocycles. The molecule has 0 radical (unpaired) electrons. The van der Waals surface area contributed by atoms with Crippen LogP contribution in [0.4, 0.5) is 11.4 Å². The number of rotatable bonds is 4. The van der Waals surface area contributed by atoms with Gasteiger partial charge in [-0.1, -0.05) is 6.07 Å². The van der Waals surface area contributed by atoms with E-state index in [9.17, 15) is 0 Å². The van der Waals surface area contributed by atoms with Gasteiger partial charge in [0.15, 0.2) is 0 Å². The van der Waals surface area contributed by atoms with Crippen LogP contribution in [0.1, 0.15) is 22.2 Å². The van der Waals surface area contributed by atoms with Crippen molar-refractivity contribution < 1.29 is 0 Å². The normalized spacial score (nSPS) is 11.8. The maximum atomic E-state index is 8.96. The van der Waals surface area contributed by atoms with Gasteiger partial charge in [-0.15, -0.1) is 11.3 Å². The zero-order valence-corrected chi connectivity index (χ0v) is 11.9. The maximum Gasteiger partial charge on any atom is 0.101 e. The molecule has 0 saturated heterocycles. The van der Waals surface area contributed by atoms with Crippen LogP contribution in [-0.2, 0) is 6.42 Å². The second-order valence-electron chi connectivity index (χ2n) is 4.64. The van der Waals surface area contributed by atoms with Crippen LogP contribution in [0.3, 0.4) is 0 Å². The lowest BCUT2D eigenvalue weighted by Crippen LogP contribution is -2.18. The molecule has 0 bridgehead atoms. The first kappa shape index (κ1) is 13.4. The minimum atomic E-state index is 0.272. The highest BCUT2D eigenvalue weighted by Crippen LogP contribution is 2.24. The number of aryl methyl sites for hydroxylation is 1. The van der Waals surface area contributed by atoms with E-state index in [0.717, 1.165) is 12.1 Å². The van der Waals surface area contributed by atoms with Crippen LogP contribution in [0, 0.1) is 18.3 Å². The van der Waals surface area contributed by atoms with Crippen LogP contribution in [0.25, 0.3) is 0 Å². The Labute approximate surface area is 117 Å². The van der Waals surface area contributed by atoms with E-state index in [-0.39, 0.29) is 6.04 Å². The van der Waals surface area contributed by atoms with Crippen molar-refractivity contribution in [2.75, 3.05) is 11.1 Å². The van der Waals surface area contributed by atoms with Gasteiger partial charge in [-0.2, -0.15) is 5.26 Å². The molecule has 1 heterocycles. The molecular weight excluding hydrogens is 254 g/mol. The number of nitriles is 1. The summed E-state index contributed by atoms with van der Waals surface area (Å²) in [6, 6.07) is 12.2. The summed E-state index contributed by atoms with van der Waals surface area (Å²) in [7, 11) is 0. The van der Waals surface area contributed by atoms with Gasteiger partial charge in [-0.3, -0.25) is 0 Å². The standard InChI is InChI=1S/C15H17N3S/c1-10(8-13-7-6-11(2)19-13)18-14-5-3-4-12(9-16)15(14)17/h3-7,10,18H,8,17H2,1-2H3. The number of hydrogen-bond donors (Lipinski definition) is 2. The van der Waals surface area contributed by atoms with E-state index in [1.165, 1.54) is 9.75 Å². The van der Waals surface area contributed by atoms with Gasteiger partial charge in [0.25, 0.3) is 0 Å². The monoisotopic (exact) mass is 271 g/mol. The predicted octanol–water partition coefficient (Wildman–Crippen LogP) is 3.55. The van der Waals surface area contributed by atoms with Crippen molar-refractivity contribution in [1.82, 2.24) is 0 Å². The molecule has 19 heavy (non-hydrogen) atoms. The van der Waals surface area contributed by atoms with Gasteiger partial charge in [0, 0.05) is 22.2 Å². The molecule has 1 aromatic carbocycles. The van der Waals surface area contributed by atoms with Crippen molar-refractivity contribution in [2.24, 2.45) is 0 Å². The van der Waals surface area contributed by atoms with E-state index in [4.69, 9.17) is 11.0 Å². The number of nitrogens with zero attached hydrogens (tertiary/aromatic N) is 1. The molecule has 0 spiro atoms. The molecule has 1 aromatic heterocycles. The van der Waals surface area contributed by atoms with E-state index >= 15 is 0 Å². The number of hydrogen-bond acceptors (Lipinski definition) is 4. The third-order valence-corrected chi connectivity index (χ3v) is 3.95. The van der Waals surface area contributed by atoms with Crippen molar-refractivity contribution in [3.8, 4) is 6.07 Å². The van der Waals surface area contributed by atoms with Crippen LogP contribution in [0.15, 0.2) is 30.3 Å². The largest absolute Gasteiger partial charge is 0.396 e. The van der Waals surface area contributed by atoms with Gasteiger partial charge in [0.1, 0.15) is 6.07 Å².